The molecule has 0 aliphatic carbocycles. The van der Waals surface area contributed by atoms with E-state index in [0.717, 1.165) is 11.1 Å². The van der Waals surface area contributed by atoms with Gasteiger partial charge in [-0.25, -0.2) is 4.98 Å². The van der Waals surface area contributed by atoms with Crippen LogP contribution in [0.1, 0.15) is 29.0 Å². The second-order valence-corrected chi connectivity index (χ2v) is 7.67. The summed E-state index contributed by atoms with van der Waals surface area (Å²) in [4.78, 5) is 32.3. The molecule has 2 heterocycles. The van der Waals surface area contributed by atoms with Crippen LogP contribution >= 0.6 is 23.4 Å². The third-order valence-corrected chi connectivity index (χ3v) is 5.58. The van der Waals surface area contributed by atoms with Crippen LogP contribution in [0.3, 0.4) is 0 Å². The van der Waals surface area contributed by atoms with Gasteiger partial charge in [0, 0.05) is 23.1 Å². The molecule has 0 radical (unpaired) electrons. The standard InChI is InChI=1S/C20H16ClN3O2S/c21-14-8-4-5-12(9-14)11-27-20-23-18-17(19(26)24-20)15(10-16(25)22-18)13-6-2-1-3-7-13/h1-9,15H,10-11H2,(H2,22,23,24,25,26). The molecule has 1 amide bonds. The van der Waals surface area contributed by atoms with Crippen LogP contribution < -0.4 is 10.9 Å². The van der Waals surface area contributed by atoms with E-state index in [0.29, 0.717) is 27.3 Å². The average Bonchev–Trinajstić information content (AvgIpc) is 2.66. The molecule has 1 unspecified atom stereocenters. The molecule has 7 heteroatoms. The number of H-pyrrole nitrogens is 1. The lowest BCUT2D eigenvalue weighted by molar-refractivity contribution is -0.116. The van der Waals surface area contributed by atoms with Crippen LogP contribution in [-0.2, 0) is 10.5 Å². The molecule has 1 aliphatic heterocycles. The van der Waals surface area contributed by atoms with Crippen molar-refractivity contribution < 1.29 is 4.79 Å². The second kappa shape index (κ2) is 7.58. The number of nitrogens with zero attached hydrogens (tertiary/aromatic N) is 1. The summed E-state index contributed by atoms with van der Waals surface area (Å²) in [6.45, 7) is 0. The highest BCUT2D eigenvalue weighted by Crippen LogP contribution is 2.34. The first-order valence-corrected chi connectivity index (χ1v) is 9.83. The summed E-state index contributed by atoms with van der Waals surface area (Å²) in [5.41, 5.74) is 2.25. The zero-order chi connectivity index (χ0) is 18.8. The Labute approximate surface area is 165 Å². The lowest BCUT2D eigenvalue weighted by Crippen LogP contribution is -2.31. The lowest BCUT2D eigenvalue weighted by atomic mass is 9.87. The number of anilines is 1. The van der Waals surface area contributed by atoms with Gasteiger partial charge in [-0.3, -0.25) is 9.59 Å². The normalized spacial score (nSPS) is 15.9. The highest BCUT2D eigenvalue weighted by Gasteiger charge is 2.30. The van der Waals surface area contributed by atoms with Gasteiger partial charge in [-0.05, 0) is 23.3 Å². The molecule has 27 heavy (non-hydrogen) atoms. The molecule has 4 rings (SSSR count). The van der Waals surface area contributed by atoms with Gasteiger partial charge in [-0.15, -0.1) is 0 Å². The molecule has 0 saturated carbocycles. The second-order valence-electron chi connectivity index (χ2n) is 6.27. The Balaban J connectivity index is 1.65. The summed E-state index contributed by atoms with van der Waals surface area (Å²) >= 11 is 7.40. The number of benzene rings is 2. The summed E-state index contributed by atoms with van der Waals surface area (Å²) in [6.07, 6.45) is 0.233. The summed E-state index contributed by atoms with van der Waals surface area (Å²) in [7, 11) is 0. The van der Waals surface area contributed by atoms with E-state index in [-0.39, 0.29) is 23.8 Å². The Morgan fingerprint density at radius 1 is 1.11 bits per heavy atom. The zero-order valence-corrected chi connectivity index (χ0v) is 15.8. The molecule has 1 atom stereocenters. The Bertz CT molecular complexity index is 1050. The zero-order valence-electron chi connectivity index (χ0n) is 14.2. The minimum absolute atomic E-state index is 0.139. The number of carbonyl (C=O) groups excluding carboxylic acids is 1. The average molecular weight is 398 g/mol. The van der Waals surface area contributed by atoms with Crippen molar-refractivity contribution in [1.29, 1.82) is 0 Å². The number of fused-ring (bicyclic) bond motifs is 1. The van der Waals surface area contributed by atoms with Crippen molar-refractivity contribution in [1.82, 2.24) is 9.97 Å². The number of nitrogens with one attached hydrogen (secondary N) is 2. The van der Waals surface area contributed by atoms with E-state index in [1.807, 2.05) is 54.6 Å². The fraction of sp³-hybridized carbons (Fsp3) is 0.150. The number of aromatic nitrogens is 2. The molecule has 1 aliphatic rings. The monoisotopic (exact) mass is 397 g/mol. The van der Waals surface area contributed by atoms with Crippen LogP contribution in [0.4, 0.5) is 5.82 Å². The molecule has 1 aromatic heterocycles. The van der Waals surface area contributed by atoms with Gasteiger partial charge in [0.25, 0.3) is 5.56 Å². The number of hydrogen-bond acceptors (Lipinski definition) is 4. The summed E-state index contributed by atoms with van der Waals surface area (Å²) < 4.78 is 0. The molecule has 0 fully saturated rings. The number of rotatable bonds is 4. The highest BCUT2D eigenvalue weighted by atomic mass is 35.5. The number of thioether (sulfide) groups is 1. The van der Waals surface area contributed by atoms with Gasteiger partial charge in [-0.2, -0.15) is 0 Å². The highest BCUT2D eigenvalue weighted by molar-refractivity contribution is 7.98. The van der Waals surface area contributed by atoms with Gasteiger partial charge in [-0.1, -0.05) is 65.8 Å². The molecule has 136 valence electrons. The predicted octanol–water partition coefficient (Wildman–Crippen LogP) is 4.19. The first-order chi connectivity index (χ1) is 13.1. The van der Waals surface area contributed by atoms with E-state index >= 15 is 0 Å². The summed E-state index contributed by atoms with van der Waals surface area (Å²) in [5, 5.41) is 3.87. The van der Waals surface area contributed by atoms with E-state index < -0.39 is 0 Å². The van der Waals surface area contributed by atoms with E-state index in [4.69, 9.17) is 11.6 Å². The number of hydrogen-bond donors (Lipinski definition) is 2. The van der Waals surface area contributed by atoms with E-state index in [9.17, 15) is 9.59 Å². The van der Waals surface area contributed by atoms with E-state index in [1.54, 1.807) is 0 Å². The molecular formula is C20H16ClN3O2S. The minimum atomic E-state index is -0.293. The number of aromatic amines is 1. The van der Waals surface area contributed by atoms with E-state index in [1.165, 1.54) is 11.8 Å². The van der Waals surface area contributed by atoms with Crippen LogP contribution in [0, 0.1) is 0 Å². The Kier molecular flexibility index (Phi) is 5.01. The van der Waals surface area contributed by atoms with Gasteiger partial charge < -0.3 is 10.3 Å². The Morgan fingerprint density at radius 3 is 2.70 bits per heavy atom. The molecule has 3 aromatic rings. The molecule has 5 nitrogen and oxygen atoms in total. The van der Waals surface area contributed by atoms with Gasteiger partial charge in [0.05, 0.1) is 5.56 Å². The van der Waals surface area contributed by atoms with Gasteiger partial charge in [0.1, 0.15) is 5.82 Å². The Hall–Kier alpha value is -2.57. The Morgan fingerprint density at radius 2 is 1.93 bits per heavy atom. The van der Waals surface area contributed by atoms with Gasteiger partial charge >= 0.3 is 0 Å². The minimum Gasteiger partial charge on any atom is -0.310 e. The lowest BCUT2D eigenvalue weighted by Gasteiger charge is -2.24. The van der Waals surface area contributed by atoms with Crippen molar-refractivity contribution in [2.45, 2.75) is 23.2 Å². The molecule has 2 aromatic carbocycles. The molecule has 0 bridgehead atoms. The smallest absolute Gasteiger partial charge is 0.257 e. The van der Waals surface area contributed by atoms with Gasteiger partial charge in [0.15, 0.2) is 5.16 Å². The maximum Gasteiger partial charge on any atom is 0.257 e. The fourth-order valence-electron chi connectivity index (χ4n) is 3.17. The number of amides is 1. The number of halogens is 1. The van der Waals surface area contributed by atoms with E-state index in [2.05, 4.69) is 15.3 Å². The van der Waals surface area contributed by atoms with Crippen molar-refractivity contribution in [3.63, 3.8) is 0 Å². The number of carbonyl (C=O) groups is 1. The molecule has 0 saturated heterocycles. The summed E-state index contributed by atoms with van der Waals surface area (Å²) in [6, 6.07) is 17.1. The van der Waals surface area contributed by atoms with Crippen molar-refractivity contribution in [3.05, 3.63) is 86.7 Å². The maximum absolute atomic E-state index is 12.8. The van der Waals surface area contributed by atoms with Crippen LogP contribution in [0.15, 0.2) is 64.5 Å². The first kappa shape index (κ1) is 17.8. The van der Waals surface area contributed by atoms with Crippen molar-refractivity contribution in [2.75, 3.05) is 5.32 Å². The molecule has 0 spiro atoms. The quantitative estimate of drug-likeness (QED) is 0.511. The van der Waals surface area contributed by atoms with Crippen LogP contribution in [0.5, 0.6) is 0 Å². The summed E-state index contributed by atoms with van der Waals surface area (Å²) in [5.74, 6) is 0.522. The molecular weight excluding hydrogens is 382 g/mol. The molecule has 2 N–H and O–H groups in total. The van der Waals surface area contributed by atoms with Crippen LogP contribution in [-0.4, -0.2) is 15.9 Å². The largest absolute Gasteiger partial charge is 0.310 e. The third-order valence-electron chi connectivity index (χ3n) is 4.40. The predicted molar refractivity (Wildman–Crippen MR) is 107 cm³/mol. The van der Waals surface area contributed by atoms with Crippen molar-refractivity contribution in [2.24, 2.45) is 0 Å². The first-order valence-electron chi connectivity index (χ1n) is 8.46. The van der Waals surface area contributed by atoms with Crippen LogP contribution in [0.2, 0.25) is 5.02 Å². The van der Waals surface area contributed by atoms with Crippen molar-refractivity contribution >= 4 is 35.1 Å². The van der Waals surface area contributed by atoms with Crippen molar-refractivity contribution in [3.8, 4) is 0 Å². The third kappa shape index (κ3) is 3.91. The van der Waals surface area contributed by atoms with Crippen LogP contribution in [0.25, 0.3) is 0 Å². The van der Waals surface area contributed by atoms with Gasteiger partial charge in [0.2, 0.25) is 5.91 Å². The topological polar surface area (TPSA) is 74.8 Å². The maximum atomic E-state index is 12.8. The fourth-order valence-corrected chi connectivity index (χ4v) is 4.18. The SMILES string of the molecule is O=C1CC(c2ccccc2)c2c(nc(SCc3cccc(Cl)c3)[nH]c2=O)N1.